The molecule has 9 heteroatoms. The zero-order valence-electron chi connectivity index (χ0n) is 21.2. The summed E-state index contributed by atoms with van der Waals surface area (Å²) in [5.41, 5.74) is 8.06. The highest BCUT2D eigenvalue weighted by atomic mass is 19.1. The Morgan fingerprint density at radius 1 is 0.947 bits per heavy atom. The smallest absolute Gasteiger partial charge is 0.227 e. The minimum Gasteiger partial charge on any atom is -0.497 e. The Kier molecular flexibility index (Phi) is 7.21. The van der Waals surface area contributed by atoms with Crippen LogP contribution in [-0.4, -0.2) is 38.3 Å². The van der Waals surface area contributed by atoms with E-state index in [9.17, 15) is 13.6 Å². The predicted octanol–water partition coefficient (Wildman–Crippen LogP) is 4.97. The summed E-state index contributed by atoms with van der Waals surface area (Å²) in [6, 6.07) is 13.8. The van der Waals surface area contributed by atoms with Gasteiger partial charge in [-0.05, 0) is 61.2 Å². The molecule has 0 aromatic heterocycles. The van der Waals surface area contributed by atoms with Crippen LogP contribution in [0.2, 0.25) is 0 Å². The summed E-state index contributed by atoms with van der Waals surface area (Å²) in [7, 11) is 1.58. The summed E-state index contributed by atoms with van der Waals surface area (Å²) in [6.07, 6.45) is 1.69. The van der Waals surface area contributed by atoms with E-state index in [-0.39, 0.29) is 31.2 Å². The second-order valence-electron chi connectivity index (χ2n) is 9.93. The summed E-state index contributed by atoms with van der Waals surface area (Å²) in [5, 5.41) is 0. The fourth-order valence-corrected chi connectivity index (χ4v) is 5.13. The molecule has 2 heterocycles. The summed E-state index contributed by atoms with van der Waals surface area (Å²) < 4.78 is 53.9. The van der Waals surface area contributed by atoms with Crippen molar-refractivity contribution in [1.82, 2.24) is 0 Å². The van der Waals surface area contributed by atoms with E-state index in [0.29, 0.717) is 55.1 Å². The standard InChI is InChI=1S/C29H30F3N3O3/c1-37-21-5-2-19(3-6-21)17-35-27(36)11-7-22-26(10-8-23(31)28(22)35)38-18-29(33)12-14-34(15-13-29)25-9-4-20(30)16-24(25)32/h2-6,8-10,16H,7,11-15,17-18,33H2,1H3. The molecule has 1 fully saturated rings. The molecule has 0 saturated carbocycles. The number of piperidine rings is 1. The van der Waals surface area contributed by atoms with Gasteiger partial charge in [-0.1, -0.05) is 12.1 Å². The fourth-order valence-electron chi connectivity index (χ4n) is 5.13. The van der Waals surface area contributed by atoms with Crippen molar-refractivity contribution in [2.75, 3.05) is 36.6 Å². The Bertz CT molecular complexity index is 1320. The van der Waals surface area contributed by atoms with Gasteiger partial charge < -0.3 is 25.0 Å². The van der Waals surface area contributed by atoms with Gasteiger partial charge in [-0.15, -0.1) is 0 Å². The maximum atomic E-state index is 15.1. The maximum absolute atomic E-state index is 15.1. The number of halogens is 3. The average molecular weight is 526 g/mol. The lowest BCUT2D eigenvalue weighted by atomic mass is 9.89. The Labute approximate surface area is 219 Å². The van der Waals surface area contributed by atoms with Crippen molar-refractivity contribution in [3.63, 3.8) is 0 Å². The van der Waals surface area contributed by atoms with Crippen molar-refractivity contribution in [3.05, 3.63) is 83.2 Å². The highest BCUT2D eigenvalue weighted by Gasteiger charge is 2.34. The average Bonchev–Trinajstić information content (AvgIpc) is 2.91. The molecule has 1 saturated heterocycles. The number of nitrogens with two attached hydrogens (primary N) is 1. The molecule has 3 aromatic rings. The second-order valence-corrected chi connectivity index (χ2v) is 9.93. The number of nitrogens with zero attached hydrogens (tertiary/aromatic N) is 2. The molecule has 0 bridgehead atoms. The van der Waals surface area contributed by atoms with E-state index >= 15 is 4.39 Å². The highest BCUT2D eigenvalue weighted by molar-refractivity contribution is 5.97. The quantitative estimate of drug-likeness (QED) is 0.472. The van der Waals surface area contributed by atoms with Gasteiger partial charge in [0, 0.05) is 31.1 Å². The lowest BCUT2D eigenvalue weighted by Gasteiger charge is -2.40. The number of benzene rings is 3. The lowest BCUT2D eigenvalue weighted by molar-refractivity contribution is -0.119. The van der Waals surface area contributed by atoms with Gasteiger partial charge in [-0.2, -0.15) is 0 Å². The molecule has 2 aliphatic rings. The van der Waals surface area contributed by atoms with Crippen molar-refractivity contribution in [1.29, 1.82) is 0 Å². The lowest BCUT2D eigenvalue weighted by Crippen LogP contribution is -2.54. The van der Waals surface area contributed by atoms with E-state index in [0.717, 1.165) is 11.6 Å². The molecule has 6 nitrogen and oxygen atoms in total. The number of carbonyl (C=O) groups is 1. The first kappa shape index (κ1) is 25.9. The van der Waals surface area contributed by atoms with Crippen LogP contribution in [0.25, 0.3) is 0 Å². The molecule has 38 heavy (non-hydrogen) atoms. The highest BCUT2D eigenvalue weighted by Crippen LogP contribution is 2.39. The Morgan fingerprint density at radius 3 is 2.37 bits per heavy atom. The van der Waals surface area contributed by atoms with E-state index in [1.165, 1.54) is 23.1 Å². The molecule has 0 radical (unpaired) electrons. The van der Waals surface area contributed by atoms with Crippen LogP contribution in [0, 0.1) is 17.5 Å². The summed E-state index contributed by atoms with van der Waals surface area (Å²) in [4.78, 5) is 16.1. The van der Waals surface area contributed by atoms with Crippen molar-refractivity contribution >= 4 is 17.3 Å². The third-order valence-corrected chi connectivity index (χ3v) is 7.37. The van der Waals surface area contributed by atoms with Crippen LogP contribution >= 0.6 is 0 Å². The second kappa shape index (κ2) is 10.6. The van der Waals surface area contributed by atoms with E-state index < -0.39 is 23.0 Å². The van der Waals surface area contributed by atoms with Gasteiger partial charge >= 0.3 is 0 Å². The Morgan fingerprint density at radius 2 is 1.68 bits per heavy atom. The van der Waals surface area contributed by atoms with Crippen LogP contribution in [-0.2, 0) is 17.8 Å². The molecule has 0 atom stereocenters. The Balaban J connectivity index is 1.29. The molecule has 5 rings (SSSR count). The zero-order chi connectivity index (χ0) is 26.9. The monoisotopic (exact) mass is 525 g/mol. The molecule has 0 unspecified atom stereocenters. The van der Waals surface area contributed by atoms with Gasteiger partial charge in [-0.3, -0.25) is 4.79 Å². The molecule has 2 N–H and O–H groups in total. The number of ether oxygens (including phenoxy) is 2. The van der Waals surface area contributed by atoms with Gasteiger partial charge in [0.15, 0.2) is 0 Å². The first-order valence-corrected chi connectivity index (χ1v) is 12.6. The van der Waals surface area contributed by atoms with Crippen molar-refractivity contribution in [2.24, 2.45) is 5.73 Å². The summed E-state index contributed by atoms with van der Waals surface area (Å²) >= 11 is 0. The normalized spacial score (nSPS) is 16.8. The van der Waals surface area contributed by atoms with E-state index in [1.54, 1.807) is 25.3 Å². The van der Waals surface area contributed by atoms with Gasteiger partial charge in [0.25, 0.3) is 0 Å². The molecule has 0 aliphatic carbocycles. The van der Waals surface area contributed by atoms with E-state index in [1.807, 2.05) is 17.0 Å². The van der Waals surface area contributed by atoms with Crippen LogP contribution in [0.1, 0.15) is 30.4 Å². The van der Waals surface area contributed by atoms with Gasteiger partial charge in [0.1, 0.15) is 35.6 Å². The molecule has 0 spiro atoms. The minimum absolute atomic E-state index is 0.153. The summed E-state index contributed by atoms with van der Waals surface area (Å²) in [6.45, 7) is 1.41. The van der Waals surface area contributed by atoms with E-state index in [2.05, 4.69) is 0 Å². The minimum atomic E-state index is -0.665. The summed E-state index contributed by atoms with van der Waals surface area (Å²) in [5.74, 6) is -0.643. The number of fused-ring (bicyclic) bond motifs is 1. The first-order valence-electron chi connectivity index (χ1n) is 12.6. The molecule has 3 aromatic carbocycles. The van der Waals surface area contributed by atoms with Gasteiger partial charge in [-0.25, -0.2) is 13.2 Å². The Hall–Kier alpha value is -3.72. The van der Waals surface area contributed by atoms with Crippen molar-refractivity contribution < 1.29 is 27.4 Å². The molecular weight excluding hydrogens is 495 g/mol. The predicted molar refractivity (Wildman–Crippen MR) is 139 cm³/mol. The van der Waals surface area contributed by atoms with Crippen molar-refractivity contribution in [3.8, 4) is 11.5 Å². The molecule has 2 aliphatic heterocycles. The van der Waals surface area contributed by atoms with Crippen LogP contribution in [0.5, 0.6) is 11.5 Å². The SMILES string of the molecule is COc1ccc(CN2C(=O)CCc3c(OCC4(N)CCN(c5ccc(F)cc5F)CC4)ccc(F)c32)cc1. The number of methoxy groups -OCH3 is 1. The van der Waals surface area contributed by atoms with Crippen molar-refractivity contribution in [2.45, 2.75) is 37.8 Å². The van der Waals surface area contributed by atoms with Crippen LogP contribution < -0.4 is 25.0 Å². The van der Waals surface area contributed by atoms with Gasteiger partial charge in [0.05, 0.1) is 30.6 Å². The molecular formula is C29H30F3N3O3. The number of anilines is 2. The zero-order valence-corrected chi connectivity index (χ0v) is 21.2. The largest absolute Gasteiger partial charge is 0.497 e. The molecule has 1 amide bonds. The van der Waals surface area contributed by atoms with Gasteiger partial charge in [0.2, 0.25) is 5.91 Å². The van der Waals surface area contributed by atoms with E-state index in [4.69, 9.17) is 15.2 Å². The third-order valence-electron chi connectivity index (χ3n) is 7.37. The van der Waals surface area contributed by atoms with Crippen LogP contribution in [0.3, 0.4) is 0 Å². The number of rotatable bonds is 7. The maximum Gasteiger partial charge on any atom is 0.227 e. The first-order chi connectivity index (χ1) is 18.3. The molecule has 200 valence electrons. The fraction of sp³-hybridized carbons (Fsp3) is 0.345. The topological polar surface area (TPSA) is 68.0 Å². The number of hydrogen-bond donors (Lipinski definition) is 1. The number of carbonyl (C=O) groups excluding carboxylic acids is 1. The van der Waals surface area contributed by atoms with Crippen LogP contribution in [0.4, 0.5) is 24.5 Å². The van der Waals surface area contributed by atoms with Crippen LogP contribution in [0.15, 0.2) is 54.6 Å². The number of amides is 1. The third kappa shape index (κ3) is 5.29. The number of hydrogen-bond acceptors (Lipinski definition) is 5.